The van der Waals surface area contributed by atoms with E-state index < -0.39 is 0 Å². The Bertz CT molecular complexity index is 321. The number of nitrogens with one attached hydrogen (secondary N) is 1. The van der Waals surface area contributed by atoms with E-state index in [1.807, 2.05) is 0 Å². The van der Waals surface area contributed by atoms with Gasteiger partial charge in [0.2, 0.25) is 5.91 Å². The number of rotatable bonds is 3. The van der Waals surface area contributed by atoms with E-state index in [1.54, 1.807) is 6.92 Å². The van der Waals surface area contributed by atoms with Crippen molar-refractivity contribution in [3.05, 3.63) is 0 Å². The average Bonchev–Trinajstić information content (AvgIpc) is 2.74. The molecular weight excluding hydrogens is 234 g/mol. The molecule has 1 amide bonds. The van der Waals surface area contributed by atoms with Gasteiger partial charge in [0.1, 0.15) is 0 Å². The molecule has 0 radical (unpaired) electrons. The van der Waals surface area contributed by atoms with Crippen molar-refractivity contribution in [1.29, 1.82) is 0 Å². The summed E-state index contributed by atoms with van der Waals surface area (Å²) in [5, 5.41) is 3.08. The smallest absolute Gasteiger partial charge is 0.229 e. The van der Waals surface area contributed by atoms with Gasteiger partial charge in [-0.2, -0.15) is 0 Å². The van der Waals surface area contributed by atoms with Gasteiger partial charge in [-0.1, -0.05) is 12.2 Å². The van der Waals surface area contributed by atoms with Crippen LogP contribution in [0, 0.1) is 5.92 Å². The summed E-state index contributed by atoms with van der Waals surface area (Å²) in [4.78, 5) is 14.7. The van der Waals surface area contributed by atoms with E-state index in [2.05, 4.69) is 10.2 Å². The summed E-state index contributed by atoms with van der Waals surface area (Å²) in [6.45, 7) is 4.11. The second-order valence-electron chi connectivity index (χ2n) is 5.19. The van der Waals surface area contributed by atoms with Crippen LogP contribution in [0.5, 0.6) is 0 Å². The van der Waals surface area contributed by atoms with E-state index >= 15 is 0 Å². The molecule has 0 saturated carbocycles. The molecule has 17 heavy (non-hydrogen) atoms. The first-order chi connectivity index (χ1) is 8.08. The van der Waals surface area contributed by atoms with E-state index in [9.17, 15) is 4.79 Å². The van der Waals surface area contributed by atoms with Crippen LogP contribution in [0.4, 0.5) is 0 Å². The lowest BCUT2D eigenvalue weighted by Crippen LogP contribution is -2.49. The maximum Gasteiger partial charge on any atom is 0.229 e. The Kier molecular flexibility index (Phi) is 3.99. The third-order valence-corrected chi connectivity index (χ3v) is 4.34. The summed E-state index contributed by atoms with van der Waals surface area (Å²) < 4.78 is 0. The molecule has 2 fully saturated rings. The Labute approximate surface area is 108 Å². The summed E-state index contributed by atoms with van der Waals surface area (Å²) in [5.41, 5.74) is 5.49. The lowest BCUT2D eigenvalue weighted by atomic mass is 9.97. The molecule has 2 aliphatic rings. The molecule has 0 aromatic heterocycles. The maximum atomic E-state index is 11.9. The molecule has 3 atom stereocenters. The monoisotopic (exact) mass is 255 g/mol. The normalized spacial score (nSPS) is 30.6. The second kappa shape index (κ2) is 5.31. The van der Waals surface area contributed by atoms with Gasteiger partial charge in [-0.05, 0) is 39.2 Å². The molecule has 2 rings (SSSR count). The third kappa shape index (κ3) is 2.96. The number of amides is 1. The highest BCUT2D eigenvalue weighted by Gasteiger charge is 2.32. The predicted octanol–water partition coefficient (Wildman–Crippen LogP) is 0.652. The lowest BCUT2D eigenvalue weighted by Gasteiger charge is -2.35. The molecule has 3 unspecified atom stereocenters. The van der Waals surface area contributed by atoms with Gasteiger partial charge in [0, 0.05) is 18.6 Å². The van der Waals surface area contributed by atoms with Crippen molar-refractivity contribution in [2.45, 2.75) is 44.7 Å². The average molecular weight is 255 g/mol. The number of hydrogen-bond acceptors (Lipinski definition) is 3. The number of thiocarbonyl (C=S) groups is 1. The Morgan fingerprint density at radius 3 is 2.94 bits per heavy atom. The summed E-state index contributed by atoms with van der Waals surface area (Å²) in [6, 6.07) is 0.979. The molecule has 0 bridgehead atoms. The highest BCUT2D eigenvalue weighted by molar-refractivity contribution is 7.80. The Morgan fingerprint density at radius 1 is 1.47 bits per heavy atom. The quantitative estimate of drug-likeness (QED) is 0.727. The Hall–Kier alpha value is -0.680. The maximum absolute atomic E-state index is 11.9. The Morgan fingerprint density at radius 2 is 2.24 bits per heavy atom. The van der Waals surface area contributed by atoms with Crippen molar-refractivity contribution in [1.82, 2.24) is 10.2 Å². The van der Waals surface area contributed by atoms with Crippen LogP contribution in [0.1, 0.15) is 32.6 Å². The number of nitrogens with two attached hydrogens (primary N) is 1. The summed E-state index contributed by atoms with van der Waals surface area (Å²) in [6.07, 6.45) is 4.70. The first kappa shape index (κ1) is 12.8. The van der Waals surface area contributed by atoms with E-state index in [1.165, 1.54) is 19.4 Å². The van der Waals surface area contributed by atoms with E-state index in [0.29, 0.717) is 12.1 Å². The number of carbonyl (C=O) groups is 1. The topological polar surface area (TPSA) is 58.4 Å². The molecule has 0 aromatic rings. The molecule has 0 aliphatic carbocycles. The van der Waals surface area contributed by atoms with Crippen LogP contribution in [0.3, 0.4) is 0 Å². The molecule has 2 heterocycles. The fourth-order valence-electron chi connectivity index (χ4n) is 2.81. The minimum Gasteiger partial charge on any atom is -0.393 e. The minimum absolute atomic E-state index is 0.0195. The molecule has 2 saturated heterocycles. The van der Waals surface area contributed by atoms with Gasteiger partial charge in [0.25, 0.3) is 0 Å². The largest absolute Gasteiger partial charge is 0.393 e. The van der Waals surface area contributed by atoms with Crippen molar-refractivity contribution in [2.24, 2.45) is 11.7 Å². The zero-order valence-corrected chi connectivity index (χ0v) is 11.1. The fraction of sp³-hybridized carbons (Fsp3) is 0.833. The van der Waals surface area contributed by atoms with Crippen LogP contribution in [0.15, 0.2) is 0 Å². The standard InChI is InChI=1S/C12H21N3OS/c1-8(11(13)17)12(16)14-9-4-6-15-5-2-3-10(15)7-9/h8-10H,2-7H2,1H3,(H2,13,17)(H,14,16). The highest BCUT2D eigenvalue weighted by Crippen LogP contribution is 2.26. The van der Waals surface area contributed by atoms with Crippen LogP contribution in [-0.2, 0) is 4.79 Å². The third-order valence-electron chi connectivity index (χ3n) is 3.99. The van der Waals surface area contributed by atoms with Crippen LogP contribution in [0.2, 0.25) is 0 Å². The number of nitrogens with zero attached hydrogens (tertiary/aromatic N) is 1. The first-order valence-electron chi connectivity index (χ1n) is 6.41. The van der Waals surface area contributed by atoms with E-state index in [0.717, 1.165) is 19.4 Å². The fourth-order valence-corrected chi connectivity index (χ4v) is 2.92. The van der Waals surface area contributed by atoms with Crippen molar-refractivity contribution in [3.63, 3.8) is 0 Å². The van der Waals surface area contributed by atoms with Crippen molar-refractivity contribution in [2.75, 3.05) is 13.1 Å². The van der Waals surface area contributed by atoms with Crippen molar-refractivity contribution >= 4 is 23.1 Å². The summed E-state index contributed by atoms with van der Waals surface area (Å²) in [5.74, 6) is -0.374. The van der Waals surface area contributed by atoms with Gasteiger partial charge in [0.15, 0.2) is 0 Å². The molecule has 0 aromatic carbocycles. The first-order valence-corrected chi connectivity index (χ1v) is 6.82. The van der Waals surface area contributed by atoms with Crippen LogP contribution in [-0.4, -0.2) is 41.0 Å². The molecule has 4 nitrogen and oxygen atoms in total. The van der Waals surface area contributed by atoms with Crippen molar-refractivity contribution < 1.29 is 4.79 Å². The zero-order valence-electron chi connectivity index (χ0n) is 10.3. The molecular formula is C12H21N3OS. The van der Waals surface area contributed by atoms with Crippen LogP contribution < -0.4 is 11.1 Å². The number of carbonyl (C=O) groups excluding carboxylic acids is 1. The minimum atomic E-state index is -0.355. The van der Waals surface area contributed by atoms with Gasteiger partial charge >= 0.3 is 0 Å². The SMILES string of the molecule is CC(C(=O)NC1CCN2CCCC2C1)C(N)=S. The Balaban J connectivity index is 1.84. The number of piperidine rings is 1. The number of fused-ring (bicyclic) bond motifs is 1. The predicted molar refractivity (Wildman–Crippen MR) is 71.7 cm³/mol. The number of hydrogen-bond donors (Lipinski definition) is 2. The summed E-state index contributed by atoms with van der Waals surface area (Å²) in [7, 11) is 0. The molecule has 5 heteroatoms. The zero-order chi connectivity index (χ0) is 12.4. The van der Waals surface area contributed by atoms with E-state index in [4.69, 9.17) is 18.0 Å². The van der Waals surface area contributed by atoms with Crippen LogP contribution >= 0.6 is 12.2 Å². The van der Waals surface area contributed by atoms with Gasteiger partial charge in [0.05, 0.1) is 10.9 Å². The van der Waals surface area contributed by atoms with E-state index in [-0.39, 0.29) is 16.8 Å². The van der Waals surface area contributed by atoms with Crippen molar-refractivity contribution in [3.8, 4) is 0 Å². The van der Waals surface area contributed by atoms with Gasteiger partial charge in [-0.3, -0.25) is 4.79 Å². The molecule has 0 spiro atoms. The van der Waals surface area contributed by atoms with Gasteiger partial charge in [-0.15, -0.1) is 0 Å². The summed E-state index contributed by atoms with van der Waals surface area (Å²) >= 11 is 4.85. The van der Waals surface area contributed by atoms with Gasteiger partial charge < -0.3 is 16.0 Å². The lowest BCUT2D eigenvalue weighted by molar-refractivity contribution is -0.123. The molecule has 3 N–H and O–H groups in total. The second-order valence-corrected chi connectivity index (χ2v) is 5.66. The molecule has 96 valence electrons. The molecule has 2 aliphatic heterocycles. The van der Waals surface area contributed by atoms with Crippen LogP contribution in [0.25, 0.3) is 0 Å². The highest BCUT2D eigenvalue weighted by atomic mass is 32.1. The van der Waals surface area contributed by atoms with Gasteiger partial charge in [-0.25, -0.2) is 0 Å².